The van der Waals surface area contributed by atoms with Crippen molar-refractivity contribution in [2.75, 3.05) is 13.2 Å². The Kier molecular flexibility index (Phi) is 6.30. The van der Waals surface area contributed by atoms with E-state index in [4.69, 9.17) is 17.0 Å². The van der Waals surface area contributed by atoms with Crippen LogP contribution in [0, 0.1) is 0 Å². The van der Waals surface area contributed by atoms with E-state index < -0.39 is 18.6 Å². The molecule has 25 heavy (non-hydrogen) atoms. The highest BCUT2D eigenvalue weighted by Gasteiger charge is 2.35. The maximum absolute atomic E-state index is 12.7. The van der Waals surface area contributed by atoms with Crippen LogP contribution in [0.4, 0.5) is 8.78 Å². The molecule has 0 unspecified atom stereocenters. The Balaban J connectivity index is 2.56. The van der Waals surface area contributed by atoms with Gasteiger partial charge in [0.05, 0.1) is 18.2 Å². The number of ether oxygens (including phenoxy) is 2. The summed E-state index contributed by atoms with van der Waals surface area (Å²) in [5, 5.41) is 3.45. The Morgan fingerprint density at radius 2 is 2.04 bits per heavy atom. The predicted molar refractivity (Wildman–Crippen MR) is 93.3 cm³/mol. The minimum Gasteiger partial charge on any atom is -0.463 e. The SMILES string of the molecule is CCOC(=O)C1=C(C)N(CC)C(=S)N[C@H]1c1ccccc1OC(F)F. The zero-order chi connectivity index (χ0) is 18.6. The molecule has 1 N–H and O–H groups in total. The second kappa shape index (κ2) is 8.24. The lowest BCUT2D eigenvalue weighted by Crippen LogP contribution is -2.47. The standard InChI is InChI=1S/C17H20F2N2O3S/c1-4-21-10(3)13(15(22)23-5-2)14(20-17(21)25)11-8-6-7-9-12(11)24-16(18)19/h6-9,14,16H,4-5H2,1-3H3,(H,20,25)/t14-/m0/s1. The van der Waals surface area contributed by atoms with Gasteiger partial charge in [-0.3, -0.25) is 0 Å². The van der Waals surface area contributed by atoms with E-state index in [2.05, 4.69) is 10.1 Å². The van der Waals surface area contributed by atoms with E-state index in [0.29, 0.717) is 28.5 Å². The van der Waals surface area contributed by atoms with Crippen molar-refractivity contribution >= 4 is 23.3 Å². The van der Waals surface area contributed by atoms with Crippen LogP contribution in [0.1, 0.15) is 32.4 Å². The lowest BCUT2D eigenvalue weighted by atomic mass is 9.94. The number of alkyl halides is 2. The number of esters is 1. The van der Waals surface area contributed by atoms with Gasteiger partial charge in [-0.1, -0.05) is 18.2 Å². The maximum Gasteiger partial charge on any atom is 0.387 e. The van der Waals surface area contributed by atoms with Crippen molar-refractivity contribution in [1.29, 1.82) is 0 Å². The monoisotopic (exact) mass is 370 g/mol. The highest BCUT2D eigenvalue weighted by atomic mass is 32.1. The van der Waals surface area contributed by atoms with Crippen molar-refractivity contribution in [3.63, 3.8) is 0 Å². The van der Waals surface area contributed by atoms with Crippen LogP contribution in [0.3, 0.4) is 0 Å². The molecule has 0 saturated heterocycles. The highest BCUT2D eigenvalue weighted by molar-refractivity contribution is 7.80. The Hall–Kier alpha value is -2.22. The Morgan fingerprint density at radius 1 is 1.36 bits per heavy atom. The summed E-state index contributed by atoms with van der Waals surface area (Å²) >= 11 is 5.36. The summed E-state index contributed by atoms with van der Waals surface area (Å²) in [6.07, 6.45) is 0. The third-order valence-electron chi connectivity index (χ3n) is 3.85. The molecule has 1 atom stereocenters. The van der Waals surface area contributed by atoms with E-state index in [0.717, 1.165) is 0 Å². The zero-order valence-electron chi connectivity index (χ0n) is 14.2. The largest absolute Gasteiger partial charge is 0.463 e. The number of rotatable bonds is 6. The van der Waals surface area contributed by atoms with E-state index in [1.807, 2.05) is 6.92 Å². The Bertz CT molecular complexity index is 694. The fourth-order valence-corrected chi connectivity index (χ4v) is 3.17. The van der Waals surface area contributed by atoms with Crippen LogP contribution in [-0.4, -0.2) is 35.7 Å². The van der Waals surface area contributed by atoms with Gasteiger partial charge in [-0.05, 0) is 39.1 Å². The van der Waals surface area contributed by atoms with Gasteiger partial charge in [0, 0.05) is 17.8 Å². The number of halogens is 2. The summed E-state index contributed by atoms with van der Waals surface area (Å²) in [7, 11) is 0. The number of carbonyl (C=O) groups excluding carboxylic acids is 1. The molecule has 1 aromatic rings. The Labute approximate surface area is 150 Å². The van der Waals surface area contributed by atoms with Crippen LogP contribution in [-0.2, 0) is 9.53 Å². The number of benzene rings is 1. The van der Waals surface area contributed by atoms with E-state index >= 15 is 0 Å². The number of nitrogens with one attached hydrogen (secondary N) is 1. The van der Waals surface area contributed by atoms with Gasteiger partial charge in [-0.15, -0.1) is 0 Å². The first-order valence-corrected chi connectivity index (χ1v) is 8.31. The lowest BCUT2D eigenvalue weighted by molar-refractivity contribution is -0.139. The third kappa shape index (κ3) is 4.07. The number of allylic oxidation sites excluding steroid dienone is 1. The van der Waals surface area contributed by atoms with Gasteiger partial charge >= 0.3 is 12.6 Å². The van der Waals surface area contributed by atoms with Crippen molar-refractivity contribution in [1.82, 2.24) is 10.2 Å². The van der Waals surface area contributed by atoms with Gasteiger partial charge in [0.2, 0.25) is 0 Å². The van der Waals surface area contributed by atoms with Crippen LogP contribution >= 0.6 is 12.2 Å². The highest BCUT2D eigenvalue weighted by Crippen LogP contribution is 2.36. The molecule has 0 aromatic heterocycles. The average Bonchev–Trinajstić information content (AvgIpc) is 2.54. The fraction of sp³-hybridized carbons (Fsp3) is 0.412. The van der Waals surface area contributed by atoms with E-state index in [1.165, 1.54) is 6.07 Å². The first kappa shape index (κ1) is 19.1. The predicted octanol–water partition coefficient (Wildman–Crippen LogP) is 3.38. The van der Waals surface area contributed by atoms with Crippen LogP contribution in [0.25, 0.3) is 0 Å². The van der Waals surface area contributed by atoms with E-state index in [9.17, 15) is 13.6 Å². The summed E-state index contributed by atoms with van der Waals surface area (Å²) in [6, 6.07) is 5.58. The lowest BCUT2D eigenvalue weighted by Gasteiger charge is -2.37. The summed E-state index contributed by atoms with van der Waals surface area (Å²) in [4.78, 5) is 14.3. The van der Waals surface area contributed by atoms with Crippen LogP contribution in [0.5, 0.6) is 5.75 Å². The molecule has 0 bridgehead atoms. The molecule has 0 spiro atoms. The van der Waals surface area contributed by atoms with Gasteiger partial charge < -0.3 is 19.7 Å². The van der Waals surface area contributed by atoms with Crippen LogP contribution < -0.4 is 10.1 Å². The number of hydrogen-bond acceptors (Lipinski definition) is 4. The van der Waals surface area contributed by atoms with Crippen molar-refractivity contribution in [2.45, 2.75) is 33.4 Å². The molecular formula is C17H20F2N2O3S. The van der Waals surface area contributed by atoms with Gasteiger partial charge in [0.15, 0.2) is 5.11 Å². The molecule has 0 saturated carbocycles. The summed E-state index contributed by atoms with van der Waals surface area (Å²) in [5.74, 6) is -0.539. The van der Waals surface area contributed by atoms with E-state index in [-0.39, 0.29) is 12.4 Å². The van der Waals surface area contributed by atoms with Crippen molar-refractivity contribution in [3.05, 3.63) is 41.1 Å². The quantitative estimate of drug-likeness (QED) is 0.612. The molecule has 1 heterocycles. The summed E-state index contributed by atoms with van der Waals surface area (Å²) in [6.45, 7) is 3.15. The van der Waals surface area contributed by atoms with Crippen LogP contribution in [0.15, 0.2) is 35.5 Å². The molecule has 1 aliphatic rings. The molecule has 1 aliphatic heterocycles. The summed E-state index contributed by atoms with van der Waals surface area (Å²) in [5.41, 5.74) is 1.34. The minimum absolute atomic E-state index is 0.0163. The van der Waals surface area contributed by atoms with Gasteiger partial charge in [-0.25, -0.2) is 4.79 Å². The maximum atomic E-state index is 12.7. The van der Waals surface area contributed by atoms with Crippen molar-refractivity contribution < 1.29 is 23.0 Å². The number of carbonyl (C=O) groups is 1. The Morgan fingerprint density at radius 3 is 2.64 bits per heavy atom. The number of thiocarbonyl (C=S) groups is 1. The normalized spacial score (nSPS) is 17.6. The molecule has 0 amide bonds. The van der Waals surface area contributed by atoms with E-state index in [1.54, 1.807) is 36.9 Å². The first-order chi connectivity index (χ1) is 11.9. The smallest absolute Gasteiger partial charge is 0.387 e. The zero-order valence-corrected chi connectivity index (χ0v) is 15.0. The average molecular weight is 370 g/mol. The number of para-hydroxylation sites is 1. The molecule has 0 radical (unpaired) electrons. The molecular weight excluding hydrogens is 350 g/mol. The molecule has 2 rings (SSSR count). The number of hydrogen-bond donors (Lipinski definition) is 1. The van der Waals surface area contributed by atoms with Crippen LogP contribution in [0.2, 0.25) is 0 Å². The molecule has 0 fully saturated rings. The third-order valence-corrected chi connectivity index (χ3v) is 4.19. The second-order valence-electron chi connectivity index (χ2n) is 5.26. The number of nitrogens with zero attached hydrogens (tertiary/aromatic N) is 1. The molecule has 136 valence electrons. The summed E-state index contributed by atoms with van der Waals surface area (Å²) < 4.78 is 35.2. The molecule has 5 nitrogen and oxygen atoms in total. The van der Waals surface area contributed by atoms with Gasteiger partial charge in [0.1, 0.15) is 5.75 Å². The minimum atomic E-state index is -2.97. The second-order valence-corrected chi connectivity index (χ2v) is 5.65. The molecule has 0 aliphatic carbocycles. The molecule has 8 heteroatoms. The first-order valence-electron chi connectivity index (χ1n) is 7.90. The van der Waals surface area contributed by atoms with Crippen molar-refractivity contribution in [2.24, 2.45) is 0 Å². The van der Waals surface area contributed by atoms with Crippen molar-refractivity contribution in [3.8, 4) is 5.75 Å². The van der Waals surface area contributed by atoms with Gasteiger partial charge in [-0.2, -0.15) is 8.78 Å². The topological polar surface area (TPSA) is 50.8 Å². The molecule has 1 aromatic carbocycles. The fourth-order valence-electron chi connectivity index (χ4n) is 2.79. The van der Waals surface area contributed by atoms with Gasteiger partial charge in [0.25, 0.3) is 0 Å².